The molecule has 1 fully saturated rings. The van der Waals surface area contributed by atoms with E-state index in [0.29, 0.717) is 33.5 Å². The van der Waals surface area contributed by atoms with Gasteiger partial charge in [-0.3, -0.25) is 9.69 Å². The van der Waals surface area contributed by atoms with Gasteiger partial charge in [-0.1, -0.05) is 53.5 Å². The van der Waals surface area contributed by atoms with Gasteiger partial charge in [0.1, 0.15) is 18.1 Å². The quantitative estimate of drug-likeness (QED) is 0.190. The van der Waals surface area contributed by atoms with E-state index in [1.165, 1.54) is 19.2 Å². The molecule has 1 aliphatic heterocycles. The molecule has 0 aliphatic carbocycles. The van der Waals surface area contributed by atoms with Crippen molar-refractivity contribution >= 4 is 41.2 Å². The normalized spacial score (nSPS) is 14.2. The molecule has 3 aromatic rings. The van der Waals surface area contributed by atoms with E-state index in [-0.39, 0.29) is 24.4 Å². The summed E-state index contributed by atoms with van der Waals surface area (Å²) >= 11 is 12.1. The first kappa shape index (κ1) is 26.3. The molecule has 0 saturated carbocycles. The number of halogens is 3. The molecule has 0 spiro atoms. The fourth-order valence-electron chi connectivity index (χ4n) is 3.85. The number of imide groups is 1. The molecule has 1 saturated heterocycles. The maximum absolute atomic E-state index is 14.1. The van der Waals surface area contributed by atoms with Gasteiger partial charge in [-0.15, -0.1) is 6.58 Å². The van der Waals surface area contributed by atoms with Crippen molar-refractivity contribution in [3.05, 3.63) is 111 Å². The number of carbonyl (C=O) groups is 2. The fraction of sp³-hybridized carbons (Fsp3) is 0.143. The first-order chi connectivity index (χ1) is 17.8. The summed E-state index contributed by atoms with van der Waals surface area (Å²) in [5, 5.41) is 3.44. The van der Waals surface area contributed by atoms with Gasteiger partial charge in [-0.2, -0.15) is 0 Å². The SMILES string of the molecule is C=CCc1cc(/C=C2/NC(=O)N(Cc3ccccc3F)C2=O)cc(OC)c1OCc1ccc(Cl)c(Cl)c1. The number of nitrogens with one attached hydrogen (secondary N) is 1. The maximum atomic E-state index is 14.1. The number of methoxy groups -OCH3 is 1. The van der Waals surface area contributed by atoms with Crippen LogP contribution in [0.4, 0.5) is 9.18 Å². The van der Waals surface area contributed by atoms with Crippen molar-refractivity contribution in [2.24, 2.45) is 0 Å². The van der Waals surface area contributed by atoms with Crippen molar-refractivity contribution in [1.29, 1.82) is 0 Å². The molecule has 9 heteroatoms. The zero-order valence-corrected chi connectivity index (χ0v) is 21.4. The van der Waals surface area contributed by atoms with Crippen LogP contribution in [-0.2, 0) is 24.4 Å². The Bertz CT molecular complexity index is 1410. The number of urea groups is 1. The molecular weight excluding hydrogens is 518 g/mol. The first-order valence-electron chi connectivity index (χ1n) is 11.3. The second kappa shape index (κ2) is 11.5. The molecule has 3 amide bonds. The summed E-state index contributed by atoms with van der Waals surface area (Å²) in [6.07, 6.45) is 3.72. The number of rotatable bonds is 9. The van der Waals surface area contributed by atoms with Crippen LogP contribution >= 0.6 is 23.2 Å². The summed E-state index contributed by atoms with van der Waals surface area (Å²) < 4.78 is 25.7. The standard InChI is InChI=1S/C28H23Cl2FN2O4/c1-3-6-19-11-18(14-25(36-2)26(19)37-16-17-9-10-21(29)22(30)12-17)13-24-27(34)33(28(35)32-24)15-20-7-4-5-8-23(20)31/h3-5,7-14H,1,6,15-16H2,2H3,(H,32,35)/b24-13+. The number of nitrogens with zero attached hydrogens (tertiary/aromatic N) is 1. The predicted molar refractivity (Wildman–Crippen MR) is 141 cm³/mol. The molecule has 37 heavy (non-hydrogen) atoms. The van der Waals surface area contributed by atoms with Crippen LogP contribution in [0.2, 0.25) is 10.0 Å². The molecule has 0 unspecified atom stereocenters. The van der Waals surface area contributed by atoms with Gasteiger partial charge in [0.15, 0.2) is 11.5 Å². The lowest BCUT2D eigenvalue weighted by molar-refractivity contribution is -0.123. The molecule has 3 aromatic carbocycles. The second-order valence-corrected chi connectivity index (χ2v) is 9.03. The Hall–Kier alpha value is -3.81. The molecule has 1 N–H and O–H groups in total. The maximum Gasteiger partial charge on any atom is 0.329 e. The van der Waals surface area contributed by atoms with Gasteiger partial charge >= 0.3 is 6.03 Å². The van der Waals surface area contributed by atoms with Crippen molar-refractivity contribution in [3.8, 4) is 11.5 Å². The van der Waals surface area contributed by atoms with E-state index >= 15 is 0 Å². The molecule has 4 rings (SSSR count). The van der Waals surface area contributed by atoms with E-state index in [1.807, 2.05) is 12.1 Å². The third-order valence-electron chi connectivity index (χ3n) is 5.67. The van der Waals surface area contributed by atoms with Crippen LogP contribution in [0, 0.1) is 5.82 Å². The van der Waals surface area contributed by atoms with Crippen LogP contribution in [0.15, 0.2) is 72.9 Å². The van der Waals surface area contributed by atoms with Gasteiger partial charge in [0.05, 0.1) is 23.7 Å². The average molecular weight is 541 g/mol. The van der Waals surface area contributed by atoms with Crippen LogP contribution in [0.1, 0.15) is 22.3 Å². The summed E-state index contributed by atoms with van der Waals surface area (Å²) in [7, 11) is 1.51. The zero-order valence-electron chi connectivity index (χ0n) is 19.9. The summed E-state index contributed by atoms with van der Waals surface area (Å²) in [5.41, 5.74) is 2.50. The number of benzene rings is 3. The van der Waals surface area contributed by atoms with E-state index in [1.54, 1.807) is 42.5 Å². The third-order valence-corrected chi connectivity index (χ3v) is 6.40. The molecule has 0 aromatic heterocycles. The van der Waals surface area contributed by atoms with Crippen molar-refractivity contribution in [3.63, 3.8) is 0 Å². The summed E-state index contributed by atoms with van der Waals surface area (Å²) in [6.45, 7) is 3.85. The number of hydrogen-bond acceptors (Lipinski definition) is 4. The van der Waals surface area contributed by atoms with Gasteiger partial charge < -0.3 is 14.8 Å². The van der Waals surface area contributed by atoms with E-state index in [2.05, 4.69) is 11.9 Å². The molecule has 190 valence electrons. The van der Waals surface area contributed by atoms with Crippen molar-refractivity contribution in [1.82, 2.24) is 10.2 Å². The van der Waals surface area contributed by atoms with Crippen molar-refractivity contribution in [2.75, 3.05) is 7.11 Å². The Morgan fingerprint density at radius 2 is 1.84 bits per heavy atom. The smallest absolute Gasteiger partial charge is 0.329 e. The second-order valence-electron chi connectivity index (χ2n) is 8.21. The van der Waals surface area contributed by atoms with Crippen molar-refractivity contribution < 1.29 is 23.5 Å². The number of carbonyl (C=O) groups excluding carboxylic acids is 2. The number of amides is 3. The van der Waals surface area contributed by atoms with Crippen LogP contribution in [0.3, 0.4) is 0 Å². The van der Waals surface area contributed by atoms with Crippen LogP contribution in [0.25, 0.3) is 6.08 Å². The highest BCUT2D eigenvalue weighted by molar-refractivity contribution is 6.42. The van der Waals surface area contributed by atoms with Crippen LogP contribution < -0.4 is 14.8 Å². The highest BCUT2D eigenvalue weighted by Crippen LogP contribution is 2.35. The highest BCUT2D eigenvalue weighted by atomic mass is 35.5. The van der Waals surface area contributed by atoms with Gasteiger partial charge in [0.25, 0.3) is 5.91 Å². The van der Waals surface area contributed by atoms with E-state index < -0.39 is 17.8 Å². The molecule has 0 bridgehead atoms. The van der Waals surface area contributed by atoms with E-state index in [4.69, 9.17) is 32.7 Å². The summed E-state index contributed by atoms with van der Waals surface area (Å²) in [4.78, 5) is 26.4. The summed E-state index contributed by atoms with van der Waals surface area (Å²) in [5.74, 6) is -0.0990. The van der Waals surface area contributed by atoms with E-state index in [9.17, 15) is 14.0 Å². The lowest BCUT2D eigenvalue weighted by atomic mass is 10.0. The third kappa shape index (κ3) is 5.96. The molecular formula is C28H23Cl2FN2O4. The first-order valence-corrected chi connectivity index (χ1v) is 12.0. The Balaban J connectivity index is 1.60. The lowest BCUT2D eigenvalue weighted by Gasteiger charge is -2.16. The lowest BCUT2D eigenvalue weighted by Crippen LogP contribution is -2.30. The molecule has 0 atom stereocenters. The van der Waals surface area contributed by atoms with Gasteiger partial charge in [-0.25, -0.2) is 9.18 Å². The topological polar surface area (TPSA) is 67.9 Å². The zero-order chi connectivity index (χ0) is 26.5. The van der Waals surface area contributed by atoms with Crippen LogP contribution in [-0.4, -0.2) is 23.9 Å². The Morgan fingerprint density at radius 1 is 1.05 bits per heavy atom. The Morgan fingerprint density at radius 3 is 2.54 bits per heavy atom. The van der Waals surface area contributed by atoms with Gasteiger partial charge in [0, 0.05) is 11.1 Å². The predicted octanol–water partition coefficient (Wildman–Crippen LogP) is 6.54. The largest absolute Gasteiger partial charge is 0.493 e. The minimum Gasteiger partial charge on any atom is -0.493 e. The van der Waals surface area contributed by atoms with Crippen LogP contribution in [0.5, 0.6) is 11.5 Å². The van der Waals surface area contributed by atoms with E-state index in [0.717, 1.165) is 16.0 Å². The monoisotopic (exact) mass is 540 g/mol. The minimum absolute atomic E-state index is 0.0671. The minimum atomic E-state index is -0.626. The molecule has 6 nitrogen and oxygen atoms in total. The number of ether oxygens (including phenoxy) is 2. The highest BCUT2D eigenvalue weighted by Gasteiger charge is 2.34. The van der Waals surface area contributed by atoms with Gasteiger partial charge in [-0.05, 0) is 54.0 Å². The Labute approximate surface area is 223 Å². The summed E-state index contributed by atoms with van der Waals surface area (Å²) in [6, 6.07) is 14.1. The Kier molecular flexibility index (Phi) is 8.16. The average Bonchev–Trinajstić information content (AvgIpc) is 3.13. The fourth-order valence-corrected chi connectivity index (χ4v) is 4.17. The van der Waals surface area contributed by atoms with Crippen molar-refractivity contribution in [2.45, 2.75) is 19.6 Å². The number of allylic oxidation sites excluding steroid dienone is 1. The molecule has 0 radical (unpaired) electrons. The van der Waals surface area contributed by atoms with Gasteiger partial charge in [0.2, 0.25) is 0 Å². The molecule has 1 aliphatic rings. The molecule has 1 heterocycles. The number of hydrogen-bond donors (Lipinski definition) is 1.